The molecule has 3 atom stereocenters. The molecule has 6 nitrogen and oxygen atoms in total. The summed E-state index contributed by atoms with van der Waals surface area (Å²) in [5.74, 6) is 0. The minimum Gasteiger partial charge on any atom is -0.450 e. The van der Waals surface area contributed by atoms with Gasteiger partial charge in [-0.3, -0.25) is 4.90 Å². The van der Waals surface area contributed by atoms with Gasteiger partial charge in [0.05, 0.1) is 24.7 Å². The zero-order valence-corrected chi connectivity index (χ0v) is 19.5. The molecule has 28 heavy (non-hydrogen) atoms. The van der Waals surface area contributed by atoms with Gasteiger partial charge in [-0.1, -0.05) is 25.7 Å². The molecule has 2 rings (SSSR count). The van der Waals surface area contributed by atoms with Crippen LogP contribution in [-0.2, 0) is 9.47 Å². The molecule has 0 aromatic rings. The number of rotatable bonds is 6. The number of likely N-dealkylation sites (tertiary alicyclic amines) is 1. The summed E-state index contributed by atoms with van der Waals surface area (Å²) < 4.78 is 11.3. The first-order chi connectivity index (χ1) is 12.9. The number of hydrogen-bond donors (Lipinski definition) is 0. The van der Waals surface area contributed by atoms with Crippen LogP contribution in [0.1, 0.15) is 46.5 Å². The van der Waals surface area contributed by atoms with Crippen LogP contribution in [0.4, 0.5) is 9.59 Å². The van der Waals surface area contributed by atoms with Crippen molar-refractivity contribution in [1.82, 2.24) is 9.80 Å². The van der Waals surface area contributed by atoms with Crippen LogP contribution in [0.2, 0.25) is 25.7 Å². The Labute approximate surface area is 171 Å². The molecule has 2 heterocycles. The number of nitrogens with zero attached hydrogens (tertiary/aromatic N) is 2. The maximum atomic E-state index is 12.8. The van der Waals surface area contributed by atoms with Crippen molar-refractivity contribution in [2.45, 2.75) is 95.9 Å². The maximum Gasteiger partial charge on any atom is 0.410 e. The second-order valence-corrected chi connectivity index (χ2v) is 15.8. The lowest BCUT2D eigenvalue weighted by Crippen LogP contribution is -2.63. The monoisotopic (exact) mass is 410 g/mol. The standard InChI is InChI=1S/C21H38N2O4Si/c1-8-9-10-17-18-12-11-16(23(18)20(25)27-21(2,3)4)15-22(17)19(24)26-13-14-28(5,6)7/h8,16-18H,1,9-15H2,2-7H3/t16-,17-,18+/m1/s1. The van der Waals surface area contributed by atoms with Gasteiger partial charge in [0.2, 0.25) is 0 Å². The molecule has 0 unspecified atom stereocenters. The Hall–Kier alpha value is -1.50. The fourth-order valence-corrected chi connectivity index (χ4v) is 4.73. The van der Waals surface area contributed by atoms with E-state index in [4.69, 9.17) is 9.47 Å². The molecule has 0 radical (unpaired) electrons. The summed E-state index contributed by atoms with van der Waals surface area (Å²) in [5.41, 5.74) is -0.528. The molecule has 2 aliphatic rings. The quantitative estimate of drug-likeness (QED) is 0.462. The summed E-state index contributed by atoms with van der Waals surface area (Å²) in [6, 6.07) is 0.895. The maximum absolute atomic E-state index is 12.8. The van der Waals surface area contributed by atoms with Crippen molar-refractivity contribution in [3.63, 3.8) is 0 Å². The van der Waals surface area contributed by atoms with E-state index in [9.17, 15) is 9.59 Å². The van der Waals surface area contributed by atoms with E-state index in [1.165, 1.54) is 0 Å². The van der Waals surface area contributed by atoms with Crippen molar-refractivity contribution in [2.24, 2.45) is 0 Å². The van der Waals surface area contributed by atoms with E-state index < -0.39 is 13.7 Å². The van der Waals surface area contributed by atoms with E-state index >= 15 is 0 Å². The number of fused-ring (bicyclic) bond motifs is 2. The van der Waals surface area contributed by atoms with Crippen LogP contribution in [0.25, 0.3) is 0 Å². The Morgan fingerprint density at radius 3 is 2.43 bits per heavy atom. The van der Waals surface area contributed by atoms with E-state index in [2.05, 4.69) is 26.2 Å². The van der Waals surface area contributed by atoms with Crippen LogP contribution in [0.5, 0.6) is 0 Å². The average Bonchev–Trinajstić information content (AvgIpc) is 2.86. The number of carbonyl (C=O) groups is 2. The van der Waals surface area contributed by atoms with Crippen molar-refractivity contribution in [3.8, 4) is 0 Å². The topological polar surface area (TPSA) is 59.1 Å². The Morgan fingerprint density at radius 2 is 1.86 bits per heavy atom. The second-order valence-electron chi connectivity index (χ2n) is 10.2. The summed E-state index contributed by atoms with van der Waals surface area (Å²) in [7, 11) is -1.25. The normalized spacial score (nSPS) is 24.9. The highest BCUT2D eigenvalue weighted by Gasteiger charge is 2.50. The van der Waals surface area contributed by atoms with Crippen molar-refractivity contribution in [3.05, 3.63) is 12.7 Å². The van der Waals surface area contributed by atoms with Crippen LogP contribution < -0.4 is 0 Å². The van der Waals surface area contributed by atoms with E-state index in [1.54, 1.807) is 0 Å². The summed E-state index contributed by atoms with van der Waals surface area (Å²) in [6.45, 7) is 17.3. The summed E-state index contributed by atoms with van der Waals surface area (Å²) in [5, 5.41) is 0. The third kappa shape index (κ3) is 6.00. The molecule has 0 spiro atoms. The highest BCUT2D eigenvalue weighted by molar-refractivity contribution is 6.76. The van der Waals surface area contributed by atoms with Gasteiger partial charge in [0, 0.05) is 14.6 Å². The molecule has 0 saturated carbocycles. The summed E-state index contributed by atoms with van der Waals surface area (Å²) in [4.78, 5) is 29.4. The van der Waals surface area contributed by atoms with Gasteiger partial charge in [-0.05, 0) is 52.5 Å². The van der Waals surface area contributed by atoms with Gasteiger partial charge in [-0.2, -0.15) is 0 Å². The van der Waals surface area contributed by atoms with Crippen LogP contribution in [-0.4, -0.2) is 66.9 Å². The summed E-state index contributed by atoms with van der Waals surface area (Å²) >= 11 is 0. The molecule has 2 aliphatic heterocycles. The molecule has 2 bridgehead atoms. The van der Waals surface area contributed by atoms with Gasteiger partial charge in [0.1, 0.15) is 5.60 Å². The number of hydrogen-bond acceptors (Lipinski definition) is 4. The minimum absolute atomic E-state index is 0.00405. The van der Waals surface area contributed by atoms with Crippen LogP contribution >= 0.6 is 0 Å². The first-order valence-corrected chi connectivity index (χ1v) is 14.2. The minimum atomic E-state index is -1.25. The summed E-state index contributed by atoms with van der Waals surface area (Å²) in [6.07, 6.45) is 4.73. The highest BCUT2D eigenvalue weighted by Crippen LogP contribution is 2.37. The van der Waals surface area contributed by atoms with Crippen LogP contribution in [0.3, 0.4) is 0 Å². The lowest BCUT2D eigenvalue weighted by atomic mass is 9.98. The molecular weight excluding hydrogens is 372 g/mol. The molecule has 0 N–H and O–H groups in total. The molecule has 7 heteroatoms. The number of carbonyl (C=O) groups excluding carboxylic acids is 2. The fourth-order valence-electron chi connectivity index (χ4n) is 4.01. The van der Waals surface area contributed by atoms with Crippen molar-refractivity contribution in [1.29, 1.82) is 0 Å². The molecule has 160 valence electrons. The fraction of sp³-hybridized carbons (Fsp3) is 0.810. The molecule has 0 aromatic carbocycles. The lowest BCUT2D eigenvalue weighted by molar-refractivity contribution is -0.0230. The number of amides is 2. The van der Waals surface area contributed by atoms with Crippen LogP contribution in [0.15, 0.2) is 12.7 Å². The van der Waals surface area contributed by atoms with E-state index in [-0.39, 0.29) is 30.3 Å². The van der Waals surface area contributed by atoms with Gasteiger partial charge < -0.3 is 14.4 Å². The smallest absolute Gasteiger partial charge is 0.410 e. The zero-order valence-electron chi connectivity index (χ0n) is 18.5. The van der Waals surface area contributed by atoms with Gasteiger partial charge in [-0.25, -0.2) is 9.59 Å². The van der Waals surface area contributed by atoms with E-state index in [0.29, 0.717) is 13.2 Å². The first kappa shape index (κ1) is 22.8. The van der Waals surface area contributed by atoms with Crippen molar-refractivity contribution < 1.29 is 19.1 Å². The number of ether oxygens (including phenoxy) is 2. The van der Waals surface area contributed by atoms with E-state index in [0.717, 1.165) is 31.7 Å². The van der Waals surface area contributed by atoms with Crippen LogP contribution in [0, 0.1) is 0 Å². The average molecular weight is 411 g/mol. The third-order valence-electron chi connectivity index (χ3n) is 5.38. The van der Waals surface area contributed by atoms with Gasteiger partial charge in [0.25, 0.3) is 0 Å². The number of piperazine rings is 1. The Balaban J connectivity index is 2.11. The second kappa shape index (κ2) is 8.89. The Bertz CT molecular complexity index is 582. The van der Waals surface area contributed by atoms with Gasteiger partial charge >= 0.3 is 12.2 Å². The number of allylic oxidation sites excluding steroid dienone is 1. The largest absolute Gasteiger partial charge is 0.450 e. The molecule has 0 aromatic heterocycles. The highest BCUT2D eigenvalue weighted by atomic mass is 28.3. The van der Waals surface area contributed by atoms with Crippen molar-refractivity contribution in [2.75, 3.05) is 13.2 Å². The zero-order chi connectivity index (χ0) is 21.1. The van der Waals surface area contributed by atoms with Gasteiger partial charge in [0.15, 0.2) is 0 Å². The lowest BCUT2D eigenvalue weighted by Gasteiger charge is -2.46. The molecule has 2 fully saturated rings. The molecular formula is C21H38N2O4Si. The predicted octanol–water partition coefficient (Wildman–Crippen LogP) is 4.88. The van der Waals surface area contributed by atoms with Gasteiger partial charge in [-0.15, -0.1) is 6.58 Å². The van der Waals surface area contributed by atoms with Crippen molar-refractivity contribution >= 4 is 20.3 Å². The molecule has 0 aliphatic carbocycles. The Morgan fingerprint density at radius 1 is 1.18 bits per heavy atom. The predicted molar refractivity (Wildman–Crippen MR) is 114 cm³/mol. The SMILES string of the molecule is C=CCC[C@@H]1[C@@H]2CC[C@H](CN1C(=O)OCC[Si](C)(C)C)N2C(=O)OC(C)(C)C. The first-order valence-electron chi connectivity index (χ1n) is 10.5. The Kier molecular flexibility index (Phi) is 7.23. The van der Waals surface area contributed by atoms with E-state index in [1.807, 2.05) is 36.6 Å². The molecule has 2 amide bonds. The molecule has 2 saturated heterocycles. The third-order valence-corrected chi connectivity index (χ3v) is 7.09.